The lowest BCUT2D eigenvalue weighted by Crippen LogP contribution is -2.34. The maximum atomic E-state index is 13.4. The van der Waals surface area contributed by atoms with Crippen molar-refractivity contribution in [2.45, 2.75) is 38.0 Å². The molecule has 3 aromatic rings. The summed E-state index contributed by atoms with van der Waals surface area (Å²) in [7, 11) is 0. The fraction of sp³-hybridized carbons (Fsp3) is 0.435. The smallest absolute Gasteiger partial charge is 0.241 e. The van der Waals surface area contributed by atoms with Crippen LogP contribution in [0, 0.1) is 5.82 Å². The van der Waals surface area contributed by atoms with Crippen molar-refractivity contribution in [3.63, 3.8) is 0 Å². The highest BCUT2D eigenvalue weighted by atomic mass is 35.5. The lowest BCUT2D eigenvalue weighted by molar-refractivity contribution is -0.116. The van der Waals surface area contributed by atoms with Crippen molar-refractivity contribution in [2.24, 2.45) is 0 Å². The van der Waals surface area contributed by atoms with Gasteiger partial charge in [-0.1, -0.05) is 26.0 Å². The van der Waals surface area contributed by atoms with Gasteiger partial charge in [0.2, 0.25) is 5.91 Å². The number of fused-ring (bicyclic) bond motifs is 3. The third-order valence-corrected chi connectivity index (χ3v) is 6.41. The summed E-state index contributed by atoms with van der Waals surface area (Å²) in [6.45, 7) is 6.07. The number of rotatable bonds is 4. The van der Waals surface area contributed by atoms with Gasteiger partial charge >= 0.3 is 0 Å². The van der Waals surface area contributed by atoms with Crippen molar-refractivity contribution in [3.8, 4) is 0 Å². The van der Waals surface area contributed by atoms with Gasteiger partial charge in [-0.25, -0.2) is 13.9 Å². The maximum absolute atomic E-state index is 13.4. The molecular weight excluding hydrogens is 419 g/mol. The average molecular weight is 443 g/mol. The Balaban J connectivity index is 1.70. The lowest BCUT2D eigenvalue weighted by Gasteiger charge is -2.19. The summed E-state index contributed by atoms with van der Waals surface area (Å²) in [5.74, 6) is 0.450. The fourth-order valence-corrected chi connectivity index (χ4v) is 4.79. The van der Waals surface area contributed by atoms with Gasteiger partial charge in [0.05, 0.1) is 18.0 Å². The van der Waals surface area contributed by atoms with Crippen LogP contribution in [0.5, 0.6) is 0 Å². The van der Waals surface area contributed by atoms with Crippen molar-refractivity contribution in [1.82, 2.24) is 14.6 Å². The van der Waals surface area contributed by atoms with Gasteiger partial charge in [0.25, 0.3) is 0 Å². The molecule has 6 nitrogen and oxygen atoms in total. The summed E-state index contributed by atoms with van der Waals surface area (Å²) in [6.07, 6.45) is 1.45. The van der Waals surface area contributed by atoms with Gasteiger partial charge in [0.1, 0.15) is 11.7 Å². The zero-order chi connectivity index (χ0) is 21.8. The summed E-state index contributed by atoms with van der Waals surface area (Å²) in [6, 6.07) is 8.48. The van der Waals surface area contributed by atoms with Gasteiger partial charge in [0.15, 0.2) is 11.5 Å². The van der Waals surface area contributed by atoms with E-state index in [1.54, 1.807) is 17.0 Å². The number of anilines is 1. The van der Waals surface area contributed by atoms with E-state index in [9.17, 15) is 9.18 Å². The van der Waals surface area contributed by atoms with Crippen LogP contribution in [0.4, 0.5) is 10.1 Å². The van der Waals surface area contributed by atoms with Gasteiger partial charge in [0, 0.05) is 36.5 Å². The number of hydrogen-bond acceptors (Lipinski definition) is 4. The number of ether oxygens (including phenoxy) is 1. The Morgan fingerprint density at radius 2 is 2.10 bits per heavy atom. The van der Waals surface area contributed by atoms with E-state index in [1.807, 2.05) is 10.6 Å². The van der Waals surface area contributed by atoms with Gasteiger partial charge < -0.3 is 9.64 Å². The summed E-state index contributed by atoms with van der Waals surface area (Å²) in [5.41, 5.74) is 4.15. The summed E-state index contributed by atoms with van der Waals surface area (Å²) in [5, 5.41) is 4.89. The number of pyridine rings is 1. The summed E-state index contributed by atoms with van der Waals surface area (Å²) in [4.78, 5) is 19.3. The molecule has 0 radical (unpaired) electrons. The first-order valence-corrected chi connectivity index (χ1v) is 11.0. The van der Waals surface area contributed by atoms with Crippen LogP contribution in [-0.2, 0) is 21.4 Å². The molecule has 8 heteroatoms. The first-order valence-electron chi connectivity index (χ1n) is 10.5. The molecule has 2 aliphatic rings. The topological polar surface area (TPSA) is 59.7 Å². The van der Waals surface area contributed by atoms with Crippen molar-refractivity contribution in [1.29, 1.82) is 0 Å². The molecule has 5 rings (SSSR count). The molecule has 0 saturated carbocycles. The molecule has 0 spiro atoms. The van der Waals surface area contributed by atoms with Crippen molar-refractivity contribution < 1.29 is 13.9 Å². The van der Waals surface area contributed by atoms with Gasteiger partial charge in [-0.3, -0.25) is 4.79 Å². The van der Waals surface area contributed by atoms with Crippen LogP contribution in [0.3, 0.4) is 0 Å². The van der Waals surface area contributed by atoms with E-state index in [0.29, 0.717) is 26.2 Å². The number of carbonyl (C=O) groups excluding carboxylic acids is 1. The second-order valence-corrected chi connectivity index (χ2v) is 9.24. The van der Waals surface area contributed by atoms with E-state index in [4.69, 9.17) is 26.4 Å². The molecule has 31 heavy (non-hydrogen) atoms. The highest BCUT2D eigenvalue weighted by molar-refractivity contribution is 6.29. The number of nitrogens with zero attached hydrogens (tertiary/aromatic N) is 4. The lowest BCUT2D eigenvalue weighted by atomic mass is 9.90. The predicted molar refractivity (Wildman–Crippen MR) is 116 cm³/mol. The highest BCUT2D eigenvalue weighted by Crippen LogP contribution is 2.42. The van der Waals surface area contributed by atoms with E-state index >= 15 is 0 Å². The SMILES string of the molecule is CC1(C)CN(C(=O)CCl)c2cc(Cc3ccc(F)cc3)c3nc(C4CCOC4)nn3c21. The number of carbonyl (C=O) groups is 1. The minimum atomic E-state index is -0.305. The Bertz CT molecular complexity index is 1150. The molecule has 2 aliphatic heterocycles. The normalized spacial score (nSPS) is 19.9. The minimum absolute atomic E-state index is 0.0805. The molecule has 1 atom stereocenters. The molecule has 162 valence electrons. The zero-order valence-electron chi connectivity index (χ0n) is 17.6. The largest absolute Gasteiger partial charge is 0.381 e. The molecule has 0 N–H and O–H groups in total. The highest BCUT2D eigenvalue weighted by Gasteiger charge is 2.41. The fourth-order valence-electron chi connectivity index (χ4n) is 4.65. The molecule has 1 aromatic carbocycles. The number of halogens is 2. The standard InChI is InChI=1S/C23H24ClFN4O2/c1-23(2)13-28(19(30)11-24)18-10-16(9-14-3-5-17(25)6-4-14)22-26-21(15-7-8-31-12-15)27-29(22)20(18)23/h3-6,10,15H,7-9,11-13H2,1-2H3. The Morgan fingerprint density at radius 1 is 1.32 bits per heavy atom. The number of alkyl halides is 1. The first-order chi connectivity index (χ1) is 14.9. The van der Waals surface area contributed by atoms with Gasteiger partial charge in [-0.2, -0.15) is 5.10 Å². The van der Waals surface area contributed by atoms with Gasteiger partial charge in [-0.05, 0) is 30.2 Å². The molecule has 1 fully saturated rings. The summed E-state index contributed by atoms with van der Waals surface area (Å²) >= 11 is 5.91. The summed E-state index contributed by atoms with van der Waals surface area (Å²) < 4.78 is 20.9. The number of hydrogen-bond donors (Lipinski definition) is 0. The van der Waals surface area contributed by atoms with E-state index in [0.717, 1.165) is 40.4 Å². The molecule has 0 aliphatic carbocycles. The second-order valence-electron chi connectivity index (χ2n) is 8.97. The van der Waals surface area contributed by atoms with E-state index in [-0.39, 0.29) is 28.9 Å². The van der Waals surface area contributed by atoms with Crippen LogP contribution in [0.1, 0.15) is 48.8 Å². The second kappa shape index (κ2) is 7.57. The van der Waals surface area contributed by atoms with Crippen LogP contribution >= 0.6 is 11.6 Å². The van der Waals surface area contributed by atoms with Crippen molar-refractivity contribution >= 4 is 28.8 Å². The zero-order valence-corrected chi connectivity index (χ0v) is 18.3. The van der Waals surface area contributed by atoms with Gasteiger partial charge in [-0.15, -0.1) is 11.6 Å². The van der Waals surface area contributed by atoms with E-state index in [1.165, 1.54) is 12.1 Å². The third-order valence-electron chi connectivity index (χ3n) is 6.18. The minimum Gasteiger partial charge on any atom is -0.381 e. The molecule has 1 amide bonds. The molecule has 1 unspecified atom stereocenters. The molecular formula is C23H24ClFN4O2. The van der Waals surface area contributed by atoms with Crippen LogP contribution in [0.15, 0.2) is 30.3 Å². The monoisotopic (exact) mass is 442 g/mol. The first kappa shape index (κ1) is 20.4. The molecule has 4 heterocycles. The number of aromatic nitrogens is 3. The van der Waals surface area contributed by atoms with Crippen LogP contribution in [0.25, 0.3) is 5.65 Å². The van der Waals surface area contributed by atoms with E-state index in [2.05, 4.69) is 13.8 Å². The van der Waals surface area contributed by atoms with Crippen LogP contribution in [0.2, 0.25) is 0 Å². The molecule has 0 bridgehead atoms. The Kier molecular flexibility index (Phi) is 4.98. The van der Waals surface area contributed by atoms with E-state index < -0.39 is 0 Å². The predicted octanol–water partition coefficient (Wildman–Crippen LogP) is 3.83. The molecule has 2 aromatic heterocycles. The quantitative estimate of drug-likeness (QED) is 0.576. The van der Waals surface area contributed by atoms with Crippen LogP contribution in [-0.4, -0.2) is 46.1 Å². The third kappa shape index (κ3) is 3.49. The average Bonchev–Trinajstić information content (AvgIpc) is 3.46. The number of amides is 1. The van der Waals surface area contributed by atoms with Crippen molar-refractivity contribution in [2.75, 3.05) is 30.5 Å². The van der Waals surface area contributed by atoms with Crippen LogP contribution < -0.4 is 4.90 Å². The Labute approximate surface area is 185 Å². The van der Waals surface area contributed by atoms with Crippen molar-refractivity contribution in [3.05, 3.63) is 58.8 Å². The maximum Gasteiger partial charge on any atom is 0.241 e. The Morgan fingerprint density at radius 3 is 2.77 bits per heavy atom. The molecule has 1 saturated heterocycles. The Hall–Kier alpha value is -2.51. The number of benzene rings is 1.